The zero-order chi connectivity index (χ0) is 16.5. The molecule has 0 heterocycles. The smallest absolute Gasteiger partial charge is 0.281 e. The van der Waals surface area contributed by atoms with Crippen molar-refractivity contribution in [3.8, 4) is 0 Å². The minimum absolute atomic E-state index is 0.0543. The summed E-state index contributed by atoms with van der Waals surface area (Å²) in [7, 11) is -4.01. The average molecular weight is 652 g/mol. The van der Waals surface area contributed by atoms with Crippen molar-refractivity contribution in [2.45, 2.75) is 11.8 Å². The highest BCUT2D eigenvalue weighted by Gasteiger charge is 2.16. The fourth-order valence-corrected chi connectivity index (χ4v) is 5.29. The zero-order valence-electron chi connectivity index (χ0n) is 11.2. The van der Waals surface area contributed by atoms with Crippen molar-refractivity contribution in [3.05, 3.63) is 58.2 Å². The molecule has 2 aromatic rings. The maximum absolute atomic E-state index is 12.3. The summed E-state index contributed by atoms with van der Waals surface area (Å²) in [5, 5.41) is 12.3. The minimum Gasteiger partial charge on any atom is -0.858 e. The molecule has 0 fully saturated rings. The molecule has 2 rings (SSSR count). The van der Waals surface area contributed by atoms with E-state index in [1.165, 1.54) is 6.07 Å². The summed E-state index contributed by atoms with van der Waals surface area (Å²) in [6.07, 6.45) is 0. The van der Waals surface area contributed by atoms with Crippen LogP contribution in [0.4, 0.5) is 0 Å². The average Bonchev–Trinajstić information content (AvgIpc) is 2.42. The van der Waals surface area contributed by atoms with Crippen LogP contribution in [0.15, 0.2) is 45.7 Å². The van der Waals surface area contributed by atoms with Crippen molar-refractivity contribution in [2.24, 2.45) is 4.40 Å². The molecule has 0 N–H and O–H groups in total. The van der Waals surface area contributed by atoms with Crippen LogP contribution in [-0.2, 0) is 10.0 Å². The molecule has 2 aromatic carbocycles. The van der Waals surface area contributed by atoms with Crippen LogP contribution in [0.25, 0.3) is 0 Å². The Morgan fingerprint density at radius 1 is 1.14 bits per heavy atom. The summed E-state index contributed by atoms with van der Waals surface area (Å²) in [6, 6.07) is 10.0. The summed E-state index contributed by atoms with van der Waals surface area (Å²) in [5.74, 6) is -0.746. The van der Waals surface area contributed by atoms with Crippen LogP contribution in [0.5, 0.6) is 0 Å². The SMILES string of the molecule is Cc1ccccc1S(=O)(=O)/N=C(\[O-])c1cc(I)cc(I)c1I. The monoisotopic (exact) mass is 652 g/mol. The Balaban J connectivity index is 2.56. The lowest BCUT2D eigenvalue weighted by Gasteiger charge is -2.15. The van der Waals surface area contributed by atoms with Gasteiger partial charge in [0, 0.05) is 22.2 Å². The van der Waals surface area contributed by atoms with E-state index >= 15 is 0 Å². The van der Waals surface area contributed by atoms with Crippen molar-refractivity contribution < 1.29 is 13.5 Å². The van der Waals surface area contributed by atoms with Gasteiger partial charge in [0.15, 0.2) is 0 Å². The number of nitrogens with zero attached hydrogens (tertiary/aromatic N) is 1. The highest BCUT2D eigenvalue weighted by molar-refractivity contribution is 14.1. The first-order chi connectivity index (χ1) is 10.2. The maximum Gasteiger partial charge on any atom is 0.281 e. The first kappa shape index (κ1) is 18.4. The third-order valence-electron chi connectivity index (χ3n) is 2.80. The molecule has 0 aliphatic carbocycles. The molecule has 0 aliphatic heterocycles. The molecule has 0 radical (unpaired) electrons. The van der Waals surface area contributed by atoms with Gasteiger partial charge in [-0.3, -0.25) is 0 Å². The molecule has 116 valence electrons. The Labute approximate surface area is 169 Å². The molecule has 8 heteroatoms. The van der Waals surface area contributed by atoms with Crippen molar-refractivity contribution in [2.75, 3.05) is 0 Å². The first-order valence-corrected chi connectivity index (χ1v) is 10.6. The third-order valence-corrected chi connectivity index (χ3v) is 7.89. The van der Waals surface area contributed by atoms with E-state index in [0.29, 0.717) is 14.7 Å². The highest BCUT2D eigenvalue weighted by atomic mass is 127. The molecule has 0 bridgehead atoms. The summed E-state index contributed by atoms with van der Waals surface area (Å²) < 4.78 is 30.6. The van der Waals surface area contributed by atoms with E-state index in [1.54, 1.807) is 31.2 Å². The van der Waals surface area contributed by atoms with Crippen molar-refractivity contribution in [3.63, 3.8) is 0 Å². The number of sulfonamides is 1. The Bertz CT molecular complexity index is 864. The summed E-state index contributed by atoms with van der Waals surface area (Å²) >= 11 is 6.21. The van der Waals surface area contributed by atoms with E-state index in [-0.39, 0.29) is 4.90 Å². The molecule has 0 atom stereocenters. The summed E-state index contributed by atoms with van der Waals surface area (Å²) in [5.41, 5.74) is 0.861. The normalized spacial score (nSPS) is 12.5. The molecule has 0 saturated heterocycles. The molecular formula is C14H9I3NO3S-. The number of halogens is 3. The predicted molar refractivity (Wildman–Crippen MR) is 109 cm³/mol. The van der Waals surface area contributed by atoms with Crippen LogP contribution in [0.3, 0.4) is 0 Å². The number of hydrogen-bond acceptors (Lipinski definition) is 3. The topological polar surface area (TPSA) is 69.6 Å². The lowest BCUT2D eigenvalue weighted by atomic mass is 10.2. The van der Waals surface area contributed by atoms with Crippen molar-refractivity contribution in [1.29, 1.82) is 0 Å². The van der Waals surface area contributed by atoms with Crippen molar-refractivity contribution in [1.82, 2.24) is 0 Å². The molecule has 4 nitrogen and oxygen atoms in total. The fourth-order valence-electron chi connectivity index (χ4n) is 1.76. The van der Waals surface area contributed by atoms with Gasteiger partial charge in [-0.05, 0) is 98.5 Å². The molecule has 0 spiro atoms. The number of aryl methyl sites for hydroxylation is 1. The molecule has 0 aromatic heterocycles. The number of rotatable bonds is 3. The molecule has 0 unspecified atom stereocenters. The predicted octanol–water partition coefficient (Wildman–Crippen LogP) is 3.30. The van der Waals surface area contributed by atoms with Gasteiger partial charge in [-0.2, -0.15) is 12.8 Å². The first-order valence-electron chi connectivity index (χ1n) is 5.95. The zero-order valence-corrected chi connectivity index (χ0v) is 18.5. The quantitative estimate of drug-likeness (QED) is 0.222. The van der Waals surface area contributed by atoms with Crippen LogP contribution in [0.1, 0.15) is 11.1 Å². The fraction of sp³-hybridized carbons (Fsp3) is 0.0714. The van der Waals surface area contributed by atoms with Gasteiger partial charge in [0.05, 0.1) is 4.90 Å². The van der Waals surface area contributed by atoms with Gasteiger partial charge in [0.1, 0.15) is 0 Å². The summed E-state index contributed by atoms with van der Waals surface area (Å²) in [6.45, 7) is 1.67. The van der Waals surface area contributed by atoms with Crippen LogP contribution in [-0.4, -0.2) is 14.3 Å². The Hall–Kier alpha value is 0.0500. The lowest BCUT2D eigenvalue weighted by Crippen LogP contribution is -2.23. The van der Waals surface area contributed by atoms with Gasteiger partial charge in [-0.1, -0.05) is 18.2 Å². The molecule has 0 aliphatic rings. The van der Waals surface area contributed by atoms with Crippen molar-refractivity contribution >= 4 is 83.7 Å². The Morgan fingerprint density at radius 3 is 2.41 bits per heavy atom. The van der Waals surface area contributed by atoms with E-state index in [2.05, 4.69) is 49.6 Å². The number of benzene rings is 2. The third kappa shape index (κ3) is 4.12. The largest absolute Gasteiger partial charge is 0.858 e. The second-order valence-corrected chi connectivity index (χ2v) is 9.45. The van der Waals surface area contributed by atoms with Gasteiger partial charge in [-0.15, -0.1) is 0 Å². The Kier molecular flexibility index (Phi) is 6.10. The van der Waals surface area contributed by atoms with Crippen LogP contribution in [0.2, 0.25) is 0 Å². The van der Waals surface area contributed by atoms with E-state index in [9.17, 15) is 13.5 Å². The van der Waals surface area contributed by atoms with Gasteiger partial charge < -0.3 is 5.11 Å². The standard InChI is InChI=1S/C14H10I3NO3S/c1-8-4-2-3-5-12(8)22(20,21)18-14(19)10-6-9(15)7-11(16)13(10)17/h2-7H,1H3,(H,18,19)/p-1. The van der Waals surface area contributed by atoms with Crippen LogP contribution < -0.4 is 5.11 Å². The van der Waals surface area contributed by atoms with Gasteiger partial charge in [0.25, 0.3) is 10.0 Å². The van der Waals surface area contributed by atoms with E-state index < -0.39 is 15.9 Å². The lowest BCUT2D eigenvalue weighted by molar-refractivity contribution is -0.212. The van der Waals surface area contributed by atoms with Crippen LogP contribution >= 0.6 is 67.8 Å². The molecule has 0 amide bonds. The van der Waals surface area contributed by atoms with E-state index in [4.69, 9.17) is 0 Å². The second-order valence-electron chi connectivity index (χ2n) is 4.39. The van der Waals surface area contributed by atoms with Crippen LogP contribution in [0, 0.1) is 17.6 Å². The van der Waals surface area contributed by atoms with E-state index in [1.807, 2.05) is 28.7 Å². The number of hydrogen-bond donors (Lipinski definition) is 0. The second kappa shape index (κ2) is 7.30. The minimum atomic E-state index is -4.01. The highest BCUT2D eigenvalue weighted by Crippen LogP contribution is 2.24. The van der Waals surface area contributed by atoms with E-state index in [0.717, 1.165) is 7.14 Å². The maximum atomic E-state index is 12.3. The molecule has 0 saturated carbocycles. The van der Waals surface area contributed by atoms with Gasteiger partial charge in [0.2, 0.25) is 0 Å². The van der Waals surface area contributed by atoms with Gasteiger partial charge in [-0.25, -0.2) is 0 Å². The van der Waals surface area contributed by atoms with Gasteiger partial charge >= 0.3 is 0 Å². The molecule has 22 heavy (non-hydrogen) atoms. The molecular weight excluding hydrogens is 643 g/mol. The Morgan fingerprint density at radius 2 is 1.77 bits per heavy atom. The summed E-state index contributed by atoms with van der Waals surface area (Å²) in [4.78, 5) is 0.0543.